The van der Waals surface area contributed by atoms with Gasteiger partial charge in [-0.3, -0.25) is 19.2 Å². The maximum atomic E-state index is 13.5. The van der Waals surface area contributed by atoms with E-state index in [2.05, 4.69) is 5.32 Å². The molecule has 0 aliphatic carbocycles. The Morgan fingerprint density at radius 1 is 0.750 bits per heavy atom. The fraction of sp³-hybridized carbons (Fsp3) is 0.438. The first kappa shape index (κ1) is 44.8. The molecule has 0 fully saturated rings. The minimum Gasteiger partial charge on any atom is -0.481 e. The molecule has 0 atom stereocenters. The highest BCUT2D eigenvalue weighted by molar-refractivity contribution is 6.09. The molecule has 1 aliphatic rings. The van der Waals surface area contributed by atoms with Gasteiger partial charge in [0.15, 0.2) is 0 Å². The summed E-state index contributed by atoms with van der Waals surface area (Å²) in [6, 6.07) is 12.7. The van der Waals surface area contributed by atoms with E-state index in [9.17, 15) is 45.5 Å². The second-order valence-electron chi connectivity index (χ2n) is 11.0. The number of nitrogens with two attached hydrogens (primary N) is 2. The molecule has 8 N–H and O–H groups in total. The van der Waals surface area contributed by atoms with E-state index in [-0.39, 0.29) is 56.7 Å². The average molecular weight is 752 g/mol. The van der Waals surface area contributed by atoms with E-state index >= 15 is 0 Å². The van der Waals surface area contributed by atoms with Crippen molar-refractivity contribution < 1.29 is 70.4 Å². The van der Waals surface area contributed by atoms with Crippen LogP contribution in [-0.4, -0.2) is 94.4 Å². The normalized spacial score (nSPS) is 12.8. The molecule has 0 aromatic heterocycles. The summed E-state index contributed by atoms with van der Waals surface area (Å²) in [7, 11) is 0. The van der Waals surface area contributed by atoms with Crippen molar-refractivity contribution in [3.05, 3.63) is 59.2 Å². The predicted octanol–water partition coefficient (Wildman–Crippen LogP) is 3.77. The molecule has 0 radical (unpaired) electrons. The maximum Gasteiger partial charge on any atom is 0.490 e. The molecule has 1 heterocycles. The van der Waals surface area contributed by atoms with Crippen LogP contribution in [0.4, 0.5) is 37.7 Å². The van der Waals surface area contributed by atoms with Gasteiger partial charge in [-0.15, -0.1) is 0 Å². The third kappa shape index (κ3) is 16.2. The summed E-state index contributed by atoms with van der Waals surface area (Å²) in [5, 5.41) is 26.2. The highest BCUT2D eigenvalue weighted by Gasteiger charge is 2.39. The van der Waals surface area contributed by atoms with Gasteiger partial charge in [-0.1, -0.05) is 31.0 Å². The predicted molar refractivity (Wildman–Crippen MR) is 173 cm³/mol. The first-order valence-corrected chi connectivity index (χ1v) is 15.5. The van der Waals surface area contributed by atoms with Gasteiger partial charge in [-0.25, -0.2) is 9.59 Å². The van der Waals surface area contributed by atoms with Crippen molar-refractivity contribution in [1.82, 2.24) is 4.90 Å². The number of nitrogens with one attached hydrogen (secondary N) is 1. The molecule has 0 saturated carbocycles. The van der Waals surface area contributed by atoms with E-state index in [1.165, 1.54) is 4.90 Å². The van der Waals surface area contributed by atoms with Crippen LogP contribution in [0.25, 0.3) is 0 Å². The van der Waals surface area contributed by atoms with Gasteiger partial charge < -0.3 is 41.9 Å². The highest BCUT2D eigenvalue weighted by Crippen LogP contribution is 2.29. The number of hydrogen-bond acceptors (Lipinski definition) is 8. The number of anilines is 2. The largest absolute Gasteiger partial charge is 0.490 e. The molecule has 52 heavy (non-hydrogen) atoms. The Balaban J connectivity index is 0.000000812. The summed E-state index contributed by atoms with van der Waals surface area (Å²) in [5.74, 6) is -7.36. The number of hydrogen-bond donors (Lipinski definition) is 6. The fourth-order valence-corrected chi connectivity index (χ4v) is 4.41. The third-order valence-electron chi connectivity index (χ3n) is 6.95. The first-order chi connectivity index (χ1) is 24.2. The minimum absolute atomic E-state index is 0.0479. The molecular formula is C32H39F6N5O9. The van der Waals surface area contributed by atoms with Gasteiger partial charge in [0.2, 0.25) is 11.8 Å². The number of carboxylic acid groups (broad SMARTS) is 3. The number of carboxylic acids is 3. The number of carbonyl (C=O) groups is 6. The Kier molecular flexibility index (Phi) is 18.3. The van der Waals surface area contributed by atoms with Crippen molar-refractivity contribution in [3.63, 3.8) is 0 Å². The average Bonchev–Trinajstić information content (AvgIpc) is 3.14. The molecule has 20 heteroatoms. The van der Waals surface area contributed by atoms with Crippen LogP contribution in [0.15, 0.2) is 42.5 Å². The van der Waals surface area contributed by atoms with Crippen molar-refractivity contribution >= 4 is 47.0 Å². The van der Waals surface area contributed by atoms with Crippen molar-refractivity contribution in [2.45, 2.75) is 63.8 Å². The smallest absolute Gasteiger partial charge is 0.481 e. The number of fused-ring (bicyclic) bond motifs is 1. The Labute approximate surface area is 293 Å². The molecule has 0 unspecified atom stereocenters. The summed E-state index contributed by atoms with van der Waals surface area (Å²) in [6.07, 6.45) is -5.34. The zero-order valence-corrected chi connectivity index (χ0v) is 27.6. The Morgan fingerprint density at radius 3 is 1.79 bits per heavy atom. The van der Waals surface area contributed by atoms with Gasteiger partial charge in [0.25, 0.3) is 5.91 Å². The molecular weight excluding hydrogens is 712 g/mol. The third-order valence-corrected chi connectivity index (χ3v) is 6.95. The van der Waals surface area contributed by atoms with Crippen molar-refractivity contribution in [2.24, 2.45) is 11.5 Å². The van der Waals surface area contributed by atoms with Crippen LogP contribution in [-0.2, 0) is 36.9 Å². The van der Waals surface area contributed by atoms with E-state index < -0.39 is 30.3 Å². The topological polar surface area (TPSA) is 234 Å². The minimum atomic E-state index is -5.08. The summed E-state index contributed by atoms with van der Waals surface area (Å²) < 4.78 is 63.5. The van der Waals surface area contributed by atoms with Crippen molar-refractivity contribution in [2.75, 3.05) is 36.4 Å². The van der Waals surface area contributed by atoms with Gasteiger partial charge in [0.05, 0.1) is 24.2 Å². The van der Waals surface area contributed by atoms with E-state index in [4.69, 9.17) is 36.4 Å². The number of nitrogens with zero attached hydrogens (tertiary/aromatic N) is 2. The van der Waals surface area contributed by atoms with Gasteiger partial charge in [0, 0.05) is 25.2 Å². The van der Waals surface area contributed by atoms with Crippen LogP contribution >= 0.6 is 0 Å². The zero-order valence-electron chi connectivity index (χ0n) is 27.6. The number of unbranched alkanes of at least 4 members (excludes halogenated alkanes) is 3. The monoisotopic (exact) mass is 751 g/mol. The van der Waals surface area contributed by atoms with Crippen LogP contribution in [0.5, 0.6) is 0 Å². The van der Waals surface area contributed by atoms with Gasteiger partial charge in [-0.2, -0.15) is 26.3 Å². The van der Waals surface area contributed by atoms with E-state index in [0.717, 1.165) is 43.2 Å². The van der Waals surface area contributed by atoms with E-state index in [1.807, 2.05) is 30.3 Å². The molecule has 288 valence electrons. The maximum absolute atomic E-state index is 13.5. The summed E-state index contributed by atoms with van der Waals surface area (Å²) in [6.45, 7) is 0.908. The molecule has 0 spiro atoms. The zero-order chi connectivity index (χ0) is 39.6. The van der Waals surface area contributed by atoms with Crippen LogP contribution in [0, 0.1) is 0 Å². The number of aryl methyl sites for hydroxylation is 1. The summed E-state index contributed by atoms with van der Waals surface area (Å²) in [4.78, 5) is 70.4. The van der Waals surface area contributed by atoms with Crippen molar-refractivity contribution in [3.8, 4) is 0 Å². The standard InChI is InChI=1S/C28H37N5O5.2C2HF3O2/c29-14-4-2-1-3-5-20-8-11-24-23(17-20)28(38)32(16-13-27(36)37)19-26(35)33(24)18-21-6-9-22(10-7-21)31-25(34)12-15-30;2*3-2(4,5)1(6)7/h6-11,17H,1-5,12-16,18-19,29-30H2,(H,31,34)(H,36,37);2*(H,6,7). The molecule has 1 aliphatic heterocycles. The molecule has 3 rings (SSSR count). The lowest BCUT2D eigenvalue weighted by molar-refractivity contribution is -0.193. The molecule has 2 aromatic rings. The SMILES string of the molecule is NCCCCCCc1ccc2c(c1)C(=O)N(CCC(=O)O)CC(=O)N2Cc1ccc(NC(=O)CCN)cc1.O=C(O)C(F)(F)F.O=C(O)C(F)(F)F. The van der Waals surface area contributed by atoms with Crippen molar-refractivity contribution in [1.29, 1.82) is 0 Å². The molecule has 2 aromatic carbocycles. The lowest BCUT2D eigenvalue weighted by Crippen LogP contribution is -2.40. The Morgan fingerprint density at radius 2 is 1.29 bits per heavy atom. The Bertz CT molecular complexity index is 1510. The number of alkyl halides is 6. The fourth-order valence-electron chi connectivity index (χ4n) is 4.41. The second kappa shape index (κ2) is 21.2. The molecule has 3 amide bonds. The lowest BCUT2D eigenvalue weighted by atomic mass is 10.0. The number of carbonyl (C=O) groups excluding carboxylic acids is 3. The quantitative estimate of drug-likeness (QED) is 0.120. The number of amides is 3. The molecule has 0 bridgehead atoms. The van der Waals surface area contributed by atoms with Gasteiger partial charge in [0.1, 0.15) is 6.54 Å². The van der Waals surface area contributed by atoms with Crippen LogP contribution < -0.4 is 21.7 Å². The summed E-state index contributed by atoms with van der Waals surface area (Å²) in [5.41, 5.74) is 14.3. The van der Waals surface area contributed by atoms with E-state index in [1.54, 1.807) is 17.0 Å². The van der Waals surface area contributed by atoms with Crippen LogP contribution in [0.1, 0.15) is 60.0 Å². The van der Waals surface area contributed by atoms with E-state index in [0.29, 0.717) is 23.5 Å². The second-order valence-corrected chi connectivity index (χ2v) is 11.0. The highest BCUT2D eigenvalue weighted by atomic mass is 19.4. The number of rotatable bonds is 14. The lowest BCUT2D eigenvalue weighted by Gasteiger charge is -2.23. The van der Waals surface area contributed by atoms with Crippen LogP contribution in [0.3, 0.4) is 0 Å². The molecule has 0 saturated heterocycles. The Hall–Kier alpha value is -5.24. The van der Waals surface area contributed by atoms with Crippen LogP contribution in [0.2, 0.25) is 0 Å². The number of benzene rings is 2. The van der Waals surface area contributed by atoms with Gasteiger partial charge >= 0.3 is 30.3 Å². The summed E-state index contributed by atoms with van der Waals surface area (Å²) >= 11 is 0. The number of halogens is 6. The van der Waals surface area contributed by atoms with Gasteiger partial charge in [-0.05, 0) is 61.2 Å². The number of aliphatic carboxylic acids is 3. The first-order valence-electron chi connectivity index (χ1n) is 15.5. The molecule has 14 nitrogen and oxygen atoms in total.